The minimum atomic E-state index is -2.93. The Morgan fingerprint density at radius 1 is 1.64 bits per heavy atom. The van der Waals surface area contributed by atoms with E-state index in [0.717, 1.165) is 6.20 Å². The number of rotatable bonds is 2. The second-order valence-electron chi connectivity index (χ2n) is 2.54. The van der Waals surface area contributed by atoms with Crippen LogP contribution in [-0.2, 0) is 6.54 Å². The molecule has 0 saturated carbocycles. The molecule has 74 valence electrons. The first-order valence-corrected chi connectivity index (χ1v) is 3.74. The van der Waals surface area contributed by atoms with Crippen LogP contribution >= 0.6 is 0 Å². The molecule has 0 bridgehead atoms. The zero-order valence-corrected chi connectivity index (χ0v) is 7.05. The molecule has 0 aliphatic carbocycles. The zero-order chi connectivity index (χ0) is 10.7. The molecule has 0 aliphatic heterocycles. The number of aromatic amines is 1. The third kappa shape index (κ3) is 1.63. The monoisotopic (exact) mass is 199 g/mol. The minimum absolute atomic E-state index is 0.0256. The topological polar surface area (TPSA) is 82.7 Å². The lowest BCUT2D eigenvalue weighted by atomic mass is 10.1. The van der Waals surface area contributed by atoms with E-state index in [1.807, 2.05) is 0 Å². The highest BCUT2D eigenvalue weighted by Crippen LogP contribution is 2.20. The number of halogens is 2. The molecule has 1 heterocycles. The van der Waals surface area contributed by atoms with Gasteiger partial charge in [0.15, 0.2) is 0 Å². The molecule has 1 aromatic rings. The quantitative estimate of drug-likeness (QED) is 0.733. The molecule has 6 heteroatoms. The molecule has 14 heavy (non-hydrogen) atoms. The molecular formula is C8H7F2N3O. The van der Waals surface area contributed by atoms with Gasteiger partial charge in [-0.1, -0.05) is 0 Å². The molecule has 0 aromatic carbocycles. The summed E-state index contributed by atoms with van der Waals surface area (Å²) in [6.45, 7) is -0.257. The second-order valence-corrected chi connectivity index (χ2v) is 2.54. The Morgan fingerprint density at radius 2 is 2.29 bits per heavy atom. The highest BCUT2D eigenvalue weighted by Gasteiger charge is 2.19. The van der Waals surface area contributed by atoms with Crippen LogP contribution in [0.4, 0.5) is 8.78 Å². The molecule has 1 rings (SSSR count). The average Bonchev–Trinajstić information content (AvgIpc) is 2.16. The molecule has 0 saturated heterocycles. The van der Waals surface area contributed by atoms with E-state index < -0.39 is 17.5 Å². The summed E-state index contributed by atoms with van der Waals surface area (Å²) in [6.07, 6.45) is -1.85. The molecule has 0 spiro atoms. The Hall–Kier alpha value is -1.74. The van der Waals surface area contributed by atoms with E-state index in [0.29, 0.717) is 0 Å². The predicted octanol–water partition coefficient (Wildman–Crippen LogP) is 0.643. The van der Waals surface area contributed by atoms with Crippen molar-refractivity contribution in [2.24, 2.45) is 5.73 Å². The van der Waals surface area contributed by atoms with Crippen molar-refractivity contribution in [1.29, 1.82) is 5.26 Å². The minimum Gasteiger partial charge on any atom is -0.327 e. The zero-order valence-electron chi connectivity index (χ0n) is 7.05. The average molecular weight is 199 g/mol. The number of nitrogens with one attached hydrogen (secondary N) is 1. The summed E-state index contributed by atoms with van der Waals surface area (Å²) in [7, 11) is 0. The van der Waals surface area contributed by atoms with Crippen molar-refractivity contribution in [2.45, 2.75) is 13.0 Å². The van der Waals surface area contributed by atoms with Crippen molar-refractivity contribution in [3.63, 3.8) is 0 Å². The number of H-pyrrole nitrogens is 1. The summed E-state index contributed by atoms with van der Waals surface area (Å²) in [5, 5.41) is 8.57. The highest BCUT2D eigenvalue weighted by atomic mass is 19.3. The molecule has 0 aliphatic rings. The van der Waals surface area contributed by atoms with Gasteiger partial charge in [0, 0.05) is 12.7 Å². The number of alkyl halides is 2. The van der Waals surface area contributed by atoms with Crippen LogP contribution < -0.4 is 11.3 Å². The number of hydrogen-bond acceptors (Lipinski definition) is 3. The summed E-state index contributed by atoms with van der Waals surface area (Å²) in [5.74, 6) is 0. The van der Waals surface area contributed by atoms with Gasteiger partial charge in [0.1, 0.15) is 6.07 Å². The fourth-order valence-corrected chi connectivity index (χ4v) is 1.14. The molecule has 1 aromatic heterocycles. The number of pyridine rings is 1. The van der Waals surface area contributed by atoms with Gasteiger partial charge in [-0.2, -0.15) is 5.26 Å². The van der Waals surface area contributed by atoms with Crippen LogP contribution in [0, 0.1) is 11.3 Å². The smallest absolute Gasteiger partial charge is 0.269 e. The fourth-order valence-electron chi connectivity index (χ4n) is 1.14. The van der Waals surface area contributed by atoms with Gasteiger partial charge in [0.25, 0.3) is 12.0 Å². The summed E-state index contributed by atoms with van der Waals surface area (Å²) in [6, 6.07) is 1.69. The lowest BCUT2D eigenvalue weighted by Crippen LogP contribution is -2.19. The molecule has 0 atom stereocenters. The Balaban J connectivity index is 3.53. The van der Waals surface area contributed by atoms with E-state index in [-0.39, 0.29) is 17.7 Å². The highest BCUT2D eigenvalue weighted by molar-refractivity contribution is 5.40. The number of nitrogens with two attached hydrogens (primary N) is 1. The van der Waals surface area contributed by atoms with E-state index >= 15 is 0 Å². The molecule has 4 nitrogen and oxygen atoms in total. The summed E-state index contributed by atoms with van der Waals surface area (Å²) >= 11 is 0. The lowest BCUT2D eigenvalue weighted by molar-refractivity contribution is 0.148. The van der Waals surface area contributed by atoms with E-state index in [9.17, 15) is 13.6 Å². The van der Waals surface area contributed by atoms with Gasteiger partial charge in [-0.05, 0) is 5.56 Å². The molecule has 0 radical (unpaired) electrons. The first kappa shape index (κ1) is 10.3. The summed E-state index contributed by atoms with van der Waals surface area (Å²) in [5.41, 5.74) is 3.46. The maximum atomic E-state index is 12.4. The van der Waals surface area contributed by atoms with Crippen molar-refractivity contribution in [1.82, 2.24) is 4.98 Å². The largest absolute Gasteiger partial charge is 0.327 e. The van der Waals surface area contributed by atoms with Crippen LogP contribution in [0.3, 0.4) is 0 Å². The number of hydrogen-bond donors (Lipinski definition) is 2. The molecule has 0 fully saturated rings. The molecule has 3 N–H and O–H groups in total. The molecular weight excluding hydrogens is 192 g/mol. The van der Waals surface area contributed by atoms with Gasteiger partial charge < -0.3 is 10.7 Å². The van der Waals surface area contributed by atoms with Crippen molar-refractivity contribution < 1.29 is 8.78 Å². The van der Waals surface area contributed by atoms with Crippen LogP contribution in [0.2, 0.25) is 0 Å². The Labute approximate surface area is 78.0 Å². The van der Waals surface area contributed by atoms with Gasteiger partial charge in [-0.3, -0.25) is 4.79 Å². The predicted molar refractivity (Wildman–Crippen MR) is 44.6 cm³/mol. The first-order chi connectivity index (χ1) is 6.61. The third-order valence-corrected chi connectivity index (χ3v) is 1.79. The van der Waals surface area contributed by atoms with Crippen molar-refractivity contribution >= 4 is 0 Å². The standard InChI is InChI=1S/C8H7F2N3O/c9-7(10)6-5(2-12)4(1-11)3-13-8(6)14/h3,7H,2,12H2,(H,13,14). The van der Waals surface area contributed by atoms with Crippen LogP contribution in [-0.4, -0.2) is 4.98 Å². The van der Waals surface area contributed by atoms with E-state index in [1.54, 1.807) is 6.07 Å². The van der Waals surface area contributed by atoms with Gasteiger partial charge in [0.2, 0.25) is 0 Å². The van der Waals surface area contributed by atoms with Gasteiger partial charge in [-0.15, -0.1) is 0 Å². The Morgan fingerprint density at radius 3 is 2.71 bits per heavy atom. The van der Waals surface area contributed by atoms with Gasteiger partial charge in [0.05, 0.1) is 11.1 Å². The van der Waals surface area contributed by atoms with E-state index in [2.05, 4.69) is 4.98 Å². The van der Waals surface area contributed by atoms with Gasteiger partial charge in [-0.25, -0.2) is 8.78 Å². The normalized spacial score (nSPS) is 10.2. The SMILES string of the molecule is N#Cc1c[nH]c(=O)c(C(F)F)c1CN. The van der Waals surface area contributed by atoms with Crippen molar-refractivity contribution in [3.8, 4) is 6.07 Å². The molecule has 0 unspecified atom stereocenters. The second kappa shape index (κ2) is 3.98. The maximum Gasteiger partial charge on any atom is 0.269 e. The maximum absolute atomic E-state index is 12.4. The first-order valence-electron chi connectivity index (χ1n) is 3.74. The number of nitrogens with zero attached hydrogens (tertiary/aromatic N) is 1. The lowest BCUT2D eigenvalue weighted by Gasteiger charge is -2.06. The summed E-state index contributed by atoms with van der Waals surface area (Å²) in [4.78, 5) is 13.1. The van der Waals surface area contributed by atoms with E-state index in [1.165, 1.54) is 0 Å². The Kier molecular flexibility index (Phi) is 2.94. The van der Waals surface area contributed by atoms with Gasteiger partial charge >= 0.3 is 0 Å². The van der Waals surface area contributed by atoms with Crippen molar-refractivity contribution in [3.05, 3.63) is 33.2 Å². The van der Waals surface area contributed by atoms with Crippen LogP contribution in [0.1, 0.15) is 23.1 Å². The third-order valence-electron chi connectivity index (χ3n) is 1.79. The summed E-state index contributed by atoms with van der Waals surface area (Å²) < 4.78 is 24.8. The number of aromatic nitrogens is 1. The Bertz CT molecular complexity index is 433. The van der Waals surface area contributed by atoms with Crippen LogP contribution in [0.5, 0.6) is 0 Å². The van der Waals surface area contributed by atoms with Crippen LogP contribution in [0.15, 0.2) is 11.0 Å². The molecule has 0 amide bonds. The fraction of sp³-hybridized carbons (Fsp3) is 0.250. The van der Waals surface area contributed by atoms with E-state index in [4.69, 9.17) is 11.0 Å². The van der Waals surface area contributed by atoms with Crippen LogP contribution in [0.25, 0.3) is 0 Å². The number of nitriles is 1. The van der Waals surface area contributed by atoms with Crippen molar-refractivity contribution in [2.75, 3.05) is 0 Å².